The monoisotopic (exact) mass is 286 g/mol. The molecule has 0 N–H and O–H groups in total. The number of carbonyl (C=O) groups excluding carboxylic acids is 2. The lowest BCUT2D eigenvalue weighted by atomic mass is 9.90. The molecule has 0 saturated carbocycles. The number of rotatable bonds is 2. The Hall–Kier alpha value is -2.83. The van der Waals surface area contributed by atoms with Gasteiger partial charge in [-0.3, -0.25) is 19.7 Å². The highest BCUT2D eigenvalue weighted by molar-refractivity contribution is 6.52. The van der Waals surface area contributed by atoms with Gasteiger partial charge >= 0.3 is 0 Å². The zero-order chi connectivity index (χ0) is 15.3. The fourth-order valence-electron chi connectivity index (χ4n) is 2.26. The lowest BCUT2D eigenvalue weighted by Crippen LogP contribution is -2.21. The fourth-order valence-corrected chi connectivity index (χ4v) is 2.26. The average Bonchev–Trinajstić information content (AvgIpc) is 2.89. The smallest absolute Gasteiger partial charge is 0.281 e. The number of nitro benzene ring substituents is 1. The van der Waals surface area contributed by atoms with Crippen molar-refractivity contribution >= 4 is 17.3 Å². The van der Waals surface area contributed by atoms with Crippen LogP contribution < -0.4 is 0 Å². The summed E-state index contributed by atoms with van der Waals surface area (Å²) in [5.74, 6) is -1.43. The molecule has 7 heteroatoms. The molecular weight excluding hydrogens is 276 g/mol. The SMILES string of the molecule is CC(C)c1nc2c(o1)-c1c(cccc1[N+](=O)[O-])C(=O)C2=O. The third-order valence-electron chi connectivity index (χ3n) is 3.27. The van der Waals surface area contributed by atoms with Gasteiger partial charge in [-0.25, -0.2) is 4.98 Å². The molecule has 7 nitrogen and oxygen atoms in total. The number of benzene rings is 1. The molecule has 1 heterocycles. The van der Waals surface area contributed by atoms with Gasteiger partial charge in [0.2, 0.25) is 5.78 Å². The molecule has 0 bridgehead atoms. The number of fused-ring (bicyclic) bond motifs is 3. The molecule has 0 aliphatic heterocycles. The van der Waals surface area contributed by atoms with Crippen molar-refractivity contribution in [2.45, 2.75) is 19.8 Å². The molecule has 1 aromatic carbocycles. The first-order valence-electron chi connectivity index (χ1n) is 6.29. The van der Waals surface area contributed by atoms with E-state index in [1.54, 1.807) is 0 Å². The van der Waals surface area contributed by atoms with E-state index >= 15 is 0 Å². The lowest BCUT2D eigenvalue weighted by molar-refractivity contribution is -0.384. The summed E-state index contributed by atoms with van der Waals surface area (Å²) in [7, 11) is 0. The van der Waals surface area contributed by atoms with Crippen molar-refractivity contribution in [1.29, 1.82) is 0 Å². The van der Waals surface area contributed by atoms with Gasteiger partial charge in [-0.1, -0.05) is 19.9 Å². The molecule has 1 aliphatic rings. The van der Waals surface area contributed by atoms with Crippen molar-refractivity contribution in [3.63, 3.8) is 0 Å². The summed E-state index contributed by atoms with van der Waals surface area (Å²) in [5, 5.41) is 11.2. The molecule has 1 aliphatic carbocycles. The molecular formula is C14H10N2O5. The Morgan fingerprint density at radius 1 is 1.24 bits per heavy atom. The van der Waals surface area contributed by atoms with E-state index < -0.39 is 16.5 Å². The predicted octanol–water partition coefficient (Wildman–Crippen LogP) is 2.75. The minimum atomic E-state index is -0.801. The highest BCUT2D eigenvalue weighted by Crippen LogP contribution is 2.40. The second kappa shape index (κ2) is 4.34. The van der Waals surface area contributed by atoms with Crippen LogP contribution in [0.5, 0.6) is 0 Å². The second-order valence-corrected chi connectivity index (χ2v) is 5.00. The van der Waals surface area contributed by atoms with Crippen molar-refractivity contribution in [1.82, 2.24) is 4.98 Å². The van der Waals surface area contributed by atoms with Gasteiger partial charge in [-0.2, -0.15) is 0 Å². The van der Waals surface area contributed by atoms with Crippen LogP contribution in [-0.2, 0) is 0 Å². The van der Waals surface area contributed by atoms with Crippen LogP contribution >= 0.6 is 0 Å². The molecule has 0 amide bonds. The molecule has 0 fully saturated rings. The Labute approximate surface area is 118 Å². The maximum atomic E-state index is 12.1. The van der Waals surface area contributed by atoms with Crippen LogP contribution in [0.3, 0.4) is 0 Å². The molecule has 2 aromatic rings. The third-order valence-corrected chi connectivity index (χ3v) is 3.27. The van der Waals surface area contributed by atoms with Crippen molar-refractivity contribution in [2.75, 3.05) is 0 Å². The van der Waals surface area contributed by atoms with Crippen LogP contribution in [0.4, 0.5) is 5.69 Å². The summed E-state index contributed by atoms with van der Waals surface area (Å²) in [4.78, 5) is 38.7. The highest BCUT2D eigenvalue weighted by atomic mass is 16.6. The van der Waals surface area contributed by atoms with Gasteiger partial charge in [-0.05, 0) is 6.07 Å². The largest absolute Gasteiger partial charge is 0.439 e. The van der Waals surface area contributed by atoms with Crippen LogP contribution in [0.15, 0.2) is 22.6 Å². The predicted molar refractivity (Wildman–Crippen MR) is 71.3 cm³/mol. The second-order valence-electron chi connectivity index (χ2n) is 5.00. The van der Waals surface area contributed by atoms with Gasteiger partial charge in [-0.15, -0.1) is 0 Å². The Balaban J connectivity index is 2.38. The summed E-state index contributed by atoms with van der Waals surface area (Å²) < 4.78 is 5.51. The number of nitrogens with zero attached hydrogens (tertiary/aromatic N) is 2. The number of oxazole rings is 1. The van der Waals surface area contributed by atoms with Gasteiger partial charge in [0.15, 0.2) is 17.3 Å². The summed E-state index contributed by atoms with van der Waals surface area (Å²) in [5.41, 5.74) is -0.416. The average molecular weight is 286 g/mol. The van der Waals surface area contributed by atoms with Gasteiger partial charge < -0.3 is 4.42 Å². The van der Waals surface area contributed by atoms with Crippen molar-refractivity contribution in [3.8, 4) is 11.3 Å². The molecule has 0 spiro atoms. The van der Waals surface area contributed by atoms with Crippen LogP contribution in [0, 0.1) is 10.1 Å². The standard InChI is InChI=1S/C14H10N2O5/c1-6(2)14-15-10-12(18)11(17)7-4-3-5-8(16(19)20)9(7)13(10)21-14/h3-6H,1-2H3. The molecule has 1 aromatic heterocycles. The summed E-state index contributed by atoms with van der Waals surface area (Å²) in [6, 6.07) is 4.01. The lowest BCUT2D eigenvalue weighted by Gasteiger charge is -2.11. The zero-order valence-corrected chi connectivity index (χ0v) is 11.2. The minimum absolute atomic E-state index is 0.00519. The van der Waals surface area contributed by atoms with Crippen LogP contribution in [0.1, 0.15) is 46.5 Å². The third kappa shape index (κ3) is 1.78. The van der Waals surface area contributed by atoms with Gasteiger partial charge in [0.25, 0.3) is 11.5 Å². The molecule has 3 rings (SSSR count). The van der Waals surface area contributed by atoms with E-state index in [1.165, 1.54) is 18.2 Å². The summed E-state index contributed by atoms with van der Waals surface area (Å²) >= 11 is 0. The number of hydrogen-bond donors (Lipinski definition) is 0. The first-order chi connectivity index (χ1) is 9.91. The molecule has 0 unspecified atom stereocenters. The van der Waals surface area contributed by atoms with Crippen LogP contribution in [0.25, 0.3) is 11.3 Å². The van der Waals surface area contributed by atoms with Gasteiger partial charge in [0, 0.05) is 17.5 Å². The Morgan fingerprint density at radius 3 is 2.57 bits per heavy atom. The van der Waals surface area contributed by atoms with Crippen LogP contribution in [0.2, 0.25) is 0 Å². The van der Waals surface area contributed by atoms with Gasteiger partial charge in [0.05, 0.1) is 4.92 Å². The number of aromatic nitrogens is 1. The highest BCUT2D eigenvalue weighted by Gasteiger charge is 2.39. The van der Waals surface area contributed by atoms with Gasteiger partial charge in [0.1, 0.15) is 5.56 Å². The van der Waals surface area contributed by atoms with Crippen molar-refractivity contribution in [2.24, 2.45) is 0 Å². The van der Waals surface area contributed by atoms with E-state index in [0.717, 1.165) is 0 Å². The van der Waals surface area contributed by atoms with Crippen molar-refractivity contribution in [3.05, 3.63) is 45.5 Å². The van der Waals surface area contributed by atoms with E-state index in [-0.39, 0.29) is 40.1 Å². The van der Waals surface area contributed by atoms with Crippen LogP contribution in [-0.4, -0.2) is 21.5 Å². The Kier molecular flexibility index (Phi) is 2.72. The van der Waals surface area contributed by atoms with E-state index in [2.05, 4.69) is 4.98 Å². The summed E-state index contributed by atoms with van der Waals surface area (Å²) in [6.45, 7) is 3.62. The molecule has 0 radical (unpaired) electrons. The Bertz CT molecular complexity index is 804. The first-order valence-corrected chi connectivity index (χ1v) is 6.29. The summed E-state index contributed by atoms with van der Waals surface area (Å²) in [6.07, 6.45) is 0. The number of nitro groups is 1. The number of hydrogen-bond acceptors (Lipinski definition) is 6. The zero-order valence-electron chi connectivity index (χ0n) is 11.2. The number of ketones is 2. The molecule has 0 saturated heterocycles. The van der Waals surface area contributed by atoms with E-state index in [0.29, 0.717) is 0 Å². The molecule has 0 atom stereocenters. The minimum Gasteiger partial charge on any atom is -0.439 e. The fraction of sp³-hybridized carbons (Fsp3) is 0.214. The maximum absolute atomic E-state index is 12.1. The van der Waals surface area contributed by atoms with E-state index in [4.69, 9.17) is 4.42 Å². The normalized spacial score (nSPS) is 13.3. The van der Waals surface area contributed by atoms with E-state index in [1.807, 2.05) is 13.8 Å². The molecule has 106 valence electrons. The van der Waals surface area contributed by atoms with E-state index in [9.17, 15) is 19.7 Å². The quantitative estimate of drug-likeness (QED) is 0.477. The topological polar surface area (TPSA) is 103 Å². The molecule has 21 heavy (non-hydrogen) atoms. The Morgan fingerprint density at radius 2 is 1.95 bits per heavy atom. The first kappa shape index (κ1) is 13.2. The van der Waals surface area contributed by atoms with Crippen molar-refractivity contribution < 1.29 is 18.9 Å². The number of Topliss-reactive ketones (excluding diaryl/α,β-unsaturated/α-hetero) is 2. The maximum Gasteiger partial charge on any atom is 0.281 e. The number of carbonyl (C=O) groups is 2.